The number of benzene rings is 2. The van der Waals surface area contributed by atoms with Crippen molar-refractivity contribution in [1.82, 2.24) is 14.8 Å². The second kappa shape index (κ2) is 11.7. The normalized spacial score (nSPS) is 19.1. The molecule has 0 radical (unpaired) electrons. The van der Waals surface area contributed by atoms with E-state index in [1.165, 1.54) is 29.9 Å². The molecule has 2 saturated heterocycles. The van der Waals surface area contributed by atoms with Crippen LogP contribution < -0.4 is 9.80 Å². The fraction of sp³-hybridized carbons (Fsp3) is 0.375. The van der Waals surface area contributed by atoms with Gasteiger partial charge in [-0.15, -0.1) is 0 Å². The second-order valence-corrected chi connectivity index (χ2v) is 11.9. The van der Waals surface area contributed by atoms with Crippen molar-refractivity contribution in [3.8, 4) is 28.0 Å². The molecule has 2 fully saturated rings. The molecule has 0 aliphatic carbocycles. The van der Waals surface area contributed by atoms with Gasteiger partial charge < -0.3 is 14.9 Å². The number of rotatable bonds is 8. The van der Waals surface area contributed by atoms with Gasteiger partial charge in [-0.05, 0) is 87.2 Å². The van der Waals surface area contributed by atoms with E-state index in [4.69, 9.17) is 11.6 Å². The van der Waals surface area contributed by atoms with Crippen molar-refractivity contribution in [2.75, 3.05) is 43.5 Å². The van der Waals surface area contributed by atoms with E-state index in [2.05, 4.69) is 28.6 Å². The summed E-state index contributed by atoms with van der Waals surface area (Å²) < 4.78 is 15.0. The molecule has 1 N–H and O–H groups in total. The first-order chi connectivity index (χ1) is 19.6. The molecule has 41 heavy (non-hydrogen) atoms. The number of halogens is 2. The van der Waals surface area contributed by atoms with E-state index in [-0.39, 0.29) is 11.3 Å². The van der Waals surface area contributed by atoms with Crippen LogP contribution in [-0.2, 0) is 4.79 Å². The van der Waals surface area contributed by atoms with Gasteiger partial charge in [-0.3, -0.25) is 14.6 Å². The van der Waals surface area contributed by atoms with Gasteiger partial charge in [0.2, 0.25) is 6.41 Å². The molecular formula is C32H37ClFN5O2. The molecule has 7 nitrogen and oxygen atoms in total. The number of phenols is 1. The summed E-state index contributed by atoms with van der Waals surface area (Å²) in [6.07, 6.45) is 9.20. The molecule has 2 aliphatic rings. The highest BCUT2D eigenvalue weighted by atomic mass is 35.5. The predicted octanol–water partition coefficient (Wildman–Crippen LogP) is 6.36. The molecule has 2 aromatic carbocycles. The number of hydrogen-bond acceptors (Lipinski definition) is 6. The first-order valence-electron chi connectivity index (χ1n) is 14.0. The molecule has 0 bridgehead atoms. The van der Waals surface area contributed by atoms with Gasteiger partial charge in [-0.25, -0.2) is 9.37 Å². The maximum absolute atomic E-state index is 15.0. The maximum Gasteiger partial charge on any atom is 0.218 e. The zero-order valence-corrected chi connectivity index (χ0v) is 24.8. The zero-order valence-electron chi connectivity index (χ0n) is 24.0. The number of pyridine rings is 1. The molecule has 1 atom stereocenters. The van der Waals surface area contributed by atoms with Gasteiger partial charge in [-0.2, -0.15) is 0 Å². The largest absolute Gasteiger partial charge is 0.507 e. The number of carbonyl (C=O) groups is 1. The number of phenolic OH excluding ortho intramolecular Hbond substituents is 1. The lowest BCUT2D eigenvalue weighted by Gasteiger charge is -2.38. The number of carbonyl (C=O) groups excluding carboxylic acids is 1. The van der Waals surface area contributed by atoms with Crippen LogP contribution in [-0.4, -0.2) is 71.6 Å². The van der Waals surface area contributed by atoms with Crippen LogP contribution in [0.3, 0.4) is 0 Å². The van der Waals surface area contributed by atoms with Crippen LogP contribution in [0.2, 0.25) is 5.02 Å². The summed E-state index contributed by atoms with van der Waals surface area (Å²) in [6, 6.07) is 11.9. The Balaban J connectivity index is 1.45. The number of aromatic nitrogens is 1. The van der Waals surface area contributed by atoms with Gasteiger partial charge in [0.1, 0.15) is 17.4 Å². The second-order valence-electron chi connectivity index (χ2n) is 11.5. The van der Waals surface area contributed by atoms with Crippen molar-refractivity contribution in [3.63, 3.8) is 0 Å². The molecule has 1 unspecified atom stereocenters. The van der Waals surface area contributed by atoms with E-state index in [1.807, 2.05) is 20.2 Å². The monoisotopic (exact) mass is 577 g/mol. The molecule has 0 saturated carbocycles. The lowest BCUT2D eigenvalue weighted by molar-refractivity contribution is -0.106. The average molecular weight is 578 g/mol. The molecule has 5 rings (SSSR count). The molecule has 1 amide bonds. The van der Waals surface area contributed by atoms with Crippen molar-refractivity contribution in [2.45, 2.75) is 44.7 Å². The van der Waals surface area contributed by atoms with Crippen LogP contribution in [0.4, 0.5) is 15.9 Å². The highest BCUT2D eigenvalue weighted by Crippen LogP contribution is 2.43. The fourth-order valence-electron chi connectivity index (χ4n) is 6.32. The molecule has 216 valence electrons. The predicted molar refractivity (Wildman–Crippen MR) is 164 cm³/mol. The van der Waals surface area contributed by atoms with Gasteiger partial charge in [-0.1, -0.05) is 17.7 Å². The summed E-state index contributed by atoms with van der Waals surface area (Å²) in [5, 5.41) is 11.7. The van der Waals surface area contributed by atoms with Gasteiger partial charge in [0.25, 0.3) is 0 Å². The summed E-state index contributed by atoms with van der Waals surface area (Å²) in [5.41, 5.74) is 2.56. The molecule has 3 heterocycles. The average Bonchev–Trinajstić information content (AvgIpc) is 3.57. The standard InChI is InChI=1S/C32H37ClFN5O2/c1-22(2)39-12-5-9-32(39)10-13-37(20-32)30-17-24(8-11-35-30)27-19-25(34)18-26(31(27)41)23-6-7-29(28(33)16-23)38(21-40)15-14-36(3)4/h6-8,11,14-19,21-22,41H,5,9-10,12-13,20H2,1-4H3/b15-14-. The molecule has 9 heteroatoms. The Labute approximate surface area is 246 Å². The molecule has 3 aromatic rings. The lowest BCUT2D eigenvalue weighted by atomic mass is 9.94. The first kappa shape index (κ1) is 28.9. The third-order valence-corrected chi connectivity index (χ3v) is 8.54. The van der Waals surface area contributed by atoms with Crippen LogP contribution in [0.5, 0.6) is 5.75 Å². The van der Waals surface area contributed by atoms with E-state index in [0.717, 1.165) is 31.9 Å². The highest BCUT2D eigenvalue weighted by molar-refractivity contribution is 6.34. The van der Waals surface area contributed by atoms with Crippen LogP contribution in [0, 0.1) is 5.82 Å². The summed E-state index contributed by atoms with van der Waals surface area (Å²) >= 11 is 6.55. The summed E-state index contributed by atoms with van der Waals surface area (Å²) in [6.45, 7) is 7.48. The molecule has 2 aliphatic heterocycles. The number of nitrogens with zero attached hydrogens (tertiary/aromatic N) is 5. The maximum atomic E-state index is 15.0. The topological polar surface area (TPSA) is 63.2 Å². The summed E-state index contributed by atoms with van der Waals surface area (Å²) in [7, 11) is 3.69. The molecular weight excluding hydrogens is 541 g/mol. The Morgan fingerprint density at radius 3 is 2.44 bits per heavy atom. The van der Waals surface area contributed by atoms with E-state index < -0.39 is 5.82 Å². The smallest absolute Gasteiger partial charge is 0.218 e. The van der Waals surface area contributed by atoms with Crippen molar-refractivity contribution >= 4 is 29.5 Å². The Hall–Kier alpha value is -3.62. The van der Waals surface area contributed by atoms with E-state index in [0.29, 0.717) is 45.4 Å². The summed E-state index contributed by atoms with van der Waals surface area (Å²) in [5.74, 6) is 0.299. The Kier molecular flexibility index (Phi) is 8.25. The number of amides is 1. The van der Waals surface area contributed by atoms with E-state index in [9.17, 15) is 14.3 Å². The van der Waals surface area contributed by atoms with Crippen LogP contribution in [0.15, 0.2) is 61.1 Å². The van der Waals surface area contributed by atoms with Crippen LogP contribution in [0.1, 0.15) is 33.1 Å². The van der Waals surface area contributed by atoms with Gasteiger partial charge in [0, 0.05) is 68.5 Å². The van der Waals surface area contributed by atoms with Crippen molar-refractivity contribution in [1.29, 1.82) is 0 Å². The Morgan fingerprint density at radius 2 is 1.78 bits per heavy atom. The SMILES string of the molecule is CC(C)N1CCCC12CCN(c1cc(-c3cc(F)cc(-c4ccc(N(C=O)/C=C\N(C)C)c(Cl)c4)c3O)ccn1)C2. The number of aromatic hydroxyl groups is 1. The third kappa shape index (κ3) is 5.76. The number of hydrogen-bond donors (Lipinski definition) is 1. The van der Waals surface area contributed by atoms with Gasteiger partial charge >= 0.3 is 0 Å². The first-order valence-corrected chi connectivity index (χ1v) is 14.4. The minimum Gasteiger partial charge on any atom is -0.507 e. The number of likely N-dealkylation sites (tertiary alicyclic amines) is 1. The fourth-order valence-corrected chi connectivity index (χ4v) is 6.59. The van der Waals surface area contributed by atoms with Crippen molar-refractivity contribution in [2.24, 2.45) is 0 Å². The highest BCUT2D eigenvalue weighted by Gasteiger charge is 2.47. The van der Waals surface area contributed by atoms with Gasteiger partial charge in [0.05, 0.1) is 10.7 Å². The third-order valence-electron chi connectivity index (χ3n) is 8.24. The van der Waals surface area contributed by atoms with Gasteiger partial charge in [0.15, 0.2) is 0 Å². The quantitative estimate of drug-likeness (QED) is 0.314. The molecule has 1 aromatic heterocycles. The Morgan fingerprint density at radius 1 is 1.05 bits per heavy atom. The lowest BCUT2D eigenvalue weighted by Crippen LogP contribution is -2.49. The summed E-state index contributed by atoms with van der Waals surface area (Å²) in [4.78, 5) is 24.4. The van der Waals surface area contributed by atoms with E-state index in [1.54, 1.807) is 47.8 Å². The Bertz CT molecular complexity index is 1460. The minimum atomic E-state index is -0.478. The van der Waals surface area contributed by atoms with Crippen molar-refractivity contribution in [3.05, 3.63) is 71.9 Å². The number of anilines is 2. The van der Waals surface area contributed by atoms with Crippen LogP contribution >= 0.6 is 11.6 Å². The van der Waals surface area contributed by atoms with Crippen molar-refractivity contribution < 1.29 is 14.3 Å². The zero-order chi connectivity index (χ0) is 29.3. The minimum absolute atomic E-state index is 0.0493. The van der Waals surface area contributed by atoms with E-state index >= 15 is 0 Å². The molecule has 1 spiro atoms. The van der Waals surface area contributed by atoms with Crippen LogP contribution in [0.25, 0.3) is 22.3 Å².